The summed E-state index contributed by atoms with van der Waals surface area (Å²) in [6, 6.07) is 5.68. The first-order chi connectivity index (χ1) is 15.9. The molecule has 0 saturated carbocycles. The molecule has 3 heterocycles. The normalized spacial score (nSPS) is 18.3. The van der Waals surface area contributed by atoms with Gasteiger partial charge in [-0.15, -0.1) is 10.2 Å². The number of aromatic nitrogens is 6. The van der Waals surface area contributed by atoms with Crippen LogP contribution in [0.2, 0.25) is 5.02 Å². The zero-order valence-corrected chi connectivity index (χ0v) is 18.4. The summed E-state index contributed by atoms with van der Waals surface area (Å²) in [5, 5.41) is 24.1. The maximum absolute atomic E-state index is 13.3. The van der Waals surface area contributed by atoms with E-state index in [1.165, 1.54) is 29.1 Å². The smallest absolute Gasteiger partial charge is 0.270 e. The van der Waals surface area contributed by atoms with Gasteiger partial charge in [0.25, 0.3) is 5.91 Å². The Bertz CT molecular complexity index is 1140. The number of carbonyl (C=O) groups excluding carboxylic acids is 1. The molecule has 0 bridgehead atoms. The molecule has 0 aliphatic carbocycles. The van der Waals surface area contributed by atoms with Gasteiger partial charge >= 0.3 is 0 Å². The Morgan fingerprint density at radius 2 is 2.06 bits per heavy atom. The average Bonchev–Trinajstić information content (AvgIpc) is 3.28. The molecule has 174 valence electrons. The number of rotatable bonds is 7. The lowest BCUT2D eigenvalue weighted by molar-refractivity contribution is -0.150. The van der Waals surface area contributed by atoms with E-state index in [4.69, 9.17) is 26.2 Å². The molecule has 1 saturated heterocycles. The van der Waals surface area contributed by atoms with Crippen LogP contribution >= 0.6 is 11.6 Å². The number of hydrogen-bond acceptors (Lipinski definition) is 9. The SMILES string of the molecule is Cc1nc(C(=O)NCc2ccc(F)c(Cl)c2)cc(-c2nnn(C[C@H]3CO[C@H](CO)CO3)n2)n1. The number of ether oxygens (including phenoxy) is 2. The molecule has 1 aromatic carbocycles. The molecular weight excluding hydrogens is 457 g/mol. The number of aliphatic hydroxyl groups is 1. The highest BCUT2D eigenvalue weighted by Crippen LogP contribution is 2.17. The van der Waals surface area contributed by atoms with Gasteiger partial charge in [0.15, 0.2) is 0 Å². The monoisotopic (exact) mass is 477 g/mol. The summed E-state index contributed by atoms with van der Waals surface area (Å²) in [6.07, 6.45) is -0.600. The van der Waals surface area contributed by atoms with Crippen molar-refractivity contribution in [2.24, 2.45) is 0 Å². The summed E-state index contributed by atoms with van der Waals surface area (Å²) in [7, 11) is 0. The number of aliphatic hydroxyl groups excluding tert-OH is 1. The molecule has 0 unspecified atom stereocenters. The molecule has 33 heavy (non-hydrogen) atoms. The van der Waals surface area contributed by atoms with Crippen molar-refractivity contribution < 1.29 is 23.8 Å². The molecule has 3 aromatic rings. The van der Waals surface area contributed by atoms with E-state index in [1.54, 1.807) is 6.92 Å². The van der Waals surface area contributed by atoms with Gasteiger partial charge in [-0.3, -0.25) is 4.79 Å². The lowest BCUT2D eigenvalue weighted by Gasteiger charge is -2.27. The van der Waals surface area contributed by atoms with Crippen LogP contribution in [-0.4, -0.2) is 73.2 Å². The molecule has 4 rings (SSSR count). The van der Waals surface area contributed by atoms with Crippen molar-refractivity contribution in [3.63, 3.8) is 0 Å². The third-order valence-electron chi connectivity index (χ3n) is 4.80. The number of aryl methyl sites for hydroxylation is 1. The summed E-state index contributed by atoms with van der Waals surface area (Å²) in [4.78, 5) is 22.4. The van der Waals surface area contributed by atoms with E-state index in [1.807, 2.05) is 0 Å². The summed E-state index contributed by atoms with van der Waals surface area (Å²) >= 11 is 5.78. The van der Waals surface area contributed by atoms with Crippen LogP contribution in [0.3, 0.4) is 0 Å². The maximum Gasteiger partial charge on any atom is 0.270 e. The predicted octanol–water partition coefficient (Wildman–Crippen LogP) is 0.937. The number of nitrogens with one attached hydrogen (secondary N) is 1. The van der Waals surface area contributed by atoms with E-state index in [0.717, 1.165) is 0 Å². The first-order valence-corrected chi connectivity index (χ1v) is 10.5. The Morgan fingerprint density at radius 3 is 2.79 bits per heavy atom. The van der Waals surface area contributed by atoms with Gasteiger partial charge in [-0.1, -0.05) is 17.7 Å². The van der Waals surface area contributed by atoms with E-state index in [0.29, 0.717) is 30.2 Å². The number of nitrogens with zero attached hydrogens (tertiary/aromatic N) is 6. The van der Waals surface area contributed by atoms with Gasteiger partial charge in [0, 0.05) is 6.54 Å². The van der Waals surface area contributed by atoms with Crippen molar-refractivity contribution >= 4 is 17.5 Å². The number of benzene rings is 1. The van der Waals surface area contributed by atoms with Gasteiger partial charge in [-0.2, -0.15) is 4.80 Å². The second kappa shape index (κ2) is 10.3. The maximum atomic E-state index is 13.3. The second-order valence-corrected chi connectivity index (χ2v) is 7.79. The van der Waals surface area contributed by atoms with E-state index in [-0.39, 0.29) is 48.5 Å². The highest BCUT2D eigenvalue weighted by atomic mass is 35.5. The number of tetrazole rings is 1. The van der Waals surface area contributed by atoms with E-state index in [9.17, 15) is 9.18 Å². The van der Waals surface area contributed by atoms with Gasteiger partial charge in [0.1, 0.15) is 35.2 Å². The molecule has 2 N–H and O–H groups in total. The van der Waals surface area contributed by atoms with Crippen molar-refractivity contribution in [1.82, 2.24) is 35.5 Å². The predicted molar refractivity (Wildman–Crippen MR) is 113 cm³/mol. The van der Waals surface area contributed by atoms with Crippen LogP contribution in [0.25, 0.3) is 11.5 Å². The fourth-order valence-electron chi connectivity index (χ4n) is 3.12. The minimum absolute atomic E-state index is 0.0190. The van der Waals surface area contributed by atoms with Crippen LogP contribution in [0.5, 0.6) is 0 Å². The lowest BCUT2D eigenvalue weighted by Crippen LogP contribution is -2.40. The minimum atomic E-state index is -0.528. The van der Waals surface area contributed by atoms with Gasteiger partial charge in [0.05, 0.1) is 31.4 Å². The Balaban J connectivity index is 1.41. The van der Waals surface area contributed by atoms with Crippen molar-refractivity contribution in [3.05, 3.63) is 52.2 Å². The molecule has 0 radical (unpaired) electrons. The van der Waals surface area contributed by atoms with Gasteiger partial charge in [-0.25, -0.2) is 14.4 Å². The molecule has 1 fully saturated rings. The summed E-state index contributed by atoms with van der Waals surface area (Å²) in [6.45, 7) is 2.60. The van der Waals surface area contributed by atoms with E-state index in [2.05, 4.69) is 30.7 Å². The van der Waals surface area contributed by atoms with Crippen molar-refractivity contribution in [3.8, 4) is 11.5 Å². The first-order valence-electron chi connectivity index (χ1n) is 10.1. The largest absolute Gasteiger partial charge is 0.394 e. The van der Waals surface area contributed by atoms with Crippen LogP contribution in [-0.2, 0) is 22.6 Å². The van der Waals surface area contributed by atoms with Crippen molar-refractivity contribution in [2.75, 3.05) is 19.8 Å². The summed E-state index contributed by atoms with van der Waals surface area (Å²) in [5.74, 6) is -0.385. The number of carbonyl (C=O) groups is 1. The molecule has 1 aliphatic heterocycles. The van der Waals surface area contributed by atoms with Crippen LogP contribution in [0, 0.1) is 12.7 Å². The number of halogens is 2. The second-order valence-electron chi connectivity index (χ2n) is 7.38. The molecule has 1 aliphatic rings. The Morgan fingerprint density at radius 1 is 1.27 bits per heavy atom. The molecular formula is C20H21ClFN7O4. The lowest BCUT2D eigenvalue weighted by atomic mass is 10.2. The first kappa shape index (κ1) is 23.1. The standard InChI is InChI=1S/C20H21ClFN7O4/c1-11-24-17(19-26-28-29(27-19)7-13-9-33-14(8-30)10-32-13)5-18(25-11)20(31)23-6-12-2-3-16(22)15(21)4-12/h2-5,13-14,30H,6-10H2,1H3,(H,23,31)/t13-,14+/m0/s1. The Hall–Kier alpha value is -3.06. The fraction of sp³-hybridized carbons (Fsp3) is 0.400. The van der Waals surface area contributed by atoms with Gasteiger partial charge in [0.2, 0.25) is 5.82 Å². The number of hydrogen-bond donors (Lipinski definition) is 2. The van der Waals surface area contributed by atoms with Crippen LogP contribution in [0.15, 0.2) is 24.3 Å². The third kappa shape index (κ3) is 5.85. The molecule has 1 amide bonds. The Labute approximate surface area is 192 Å². The van der Waals surface area contributed by atoms with Crippen molar-refractivity contribution in [2.45, 2.75) is 32.2 Å². The number of amides is 1. The fourth-order valence-corrected chi connectivity index (χ4v) is 3.32. The molecule has 0 spiro atoms. The average molecular weight is 478 g/mol. The topological polar surface area (TPSA) is 137 Å². The molecule has 13 heteroatoms. The zero-order valence-electron chi connectivity index (χ0n) is 17.6. The highest BCUT2D eigenvalue weighted by Gasteiger charge is 2.23. The van der Waals surface area contributed by atoms with Crippen LogP contribution < -0.4 is 5.32 Å². The Kier molecular flexibility index (Phi) is 7.18. The van der Waals surface area contributed by atoms with E-state index >= 15 is 0 Å². The molecule has 11 nitrogen and oxygen atoms in total. The van der Waals surface area contributed by atoms with Crippen LogP contribution in [0.1, 0.15) is 21.9 Å². The van der Waals surface area contributed by atoms with Gasteiger partial charge < -0.3 is 19.9 Å². The summed E-state index contributed by atoms with van der Waals surface area (Å²) < 4.78 is 24.4. The van der Waals surface area contributed by atoms with Crippen molar-refractivity contribution in [1.29, 1.82) is 0 Å². The summed E-state index contributed by atoms with van der Waals surface area (Å²) in [5.41, 5.74) is 1.11. The minimum Gasteiger partial charge on any atom is -0.394 e. The highest BCUT2D eigenvalue weighted by molar-refractivity contribution is 6.30. The van der Waals surface area contributed by atoms with E-state index < -0.39 is 11.7 Å². The molecule has 2 atom stereocenters. The van der Waals surface area contributed by atoms with Gasteiger partial charge in [-0.05, 0) is 35.9 Å². The quantitative estimate of drug-likeness (QED) is 0.509. The zero-order chi connectivity index (χ0) is 23.4. The van der Waals surface area contributed by atoms with Crippen LogP contribution in [0.4, 0.5) is 4.39 Å². The third-order valence-corrected chi connectivity index (χ3v) is 5.09. The molecule has 2 aromatic heterocycles.